The number of benzene rings is 1. The van der Waals surface area contributed by atoms with Gasteiger partial charge in [-0.05, 0) is 6.42 Å². The van der Waals surface area contributed by atoms with Gasteiger partial charge in [0.05, 0.1) is 18.1 Å². The van der Waals surface area contributed by atoms with E-state index in [2.05, 4.69) is 32.0 Å². The van der Waals surface area contributed by atoms with Gasteiger partial charge in [-0.25, -0.2) is 9.97 Å². The SMILES string of the molecule is c1ccc(-c2ncc(-c3nccn3CCC3COCCN3)s2)cc1. The third-order valence-corrected chi connectivity index (χ3v) is 5.22. The third kappa shape index (κ3) is 3.40. The van der Waals surface area contributed by atoms with E-state index in [9.17, 15) is 0 Å². The molecule has 0 spiro atoms. The summed E-state index contributed by atoms with van der Waals surface area (Å²) in [6.45, 7) is 3.48. The summed E-state index contributed by atoms with van der Waals surface area (Å²) in [7, 11) is 0. The van der Waals surface area contributed by atoms with Crippen LogP contribution in [-0.4, -0.2) is 40.3 Å². The highest BCUT2D eigenvalue weighted by atomic mass is 32.1. The summed E-state index contributed by atoms with van der Waals surface area (Å²) in [5.74, 6) is 0.992. The average molecular weight is 340 g/mol. The van der Waals surface area contributed by atoms with Gasteiger partial charge in [-0.2, -0.15) is 0 Å². The second kappa shape index (κ2) is 7.25. The van der Waals surface area contributed by atoms with Crippen LogP contribution in [0.15, 0.2) is 48.9 Å². The Morgan fingerprint density at radius 3 is 3.00 bits per heavy atom. The summed E-state index contributed by atoms with van der Waals surface area (Å²) in [4.78, 5) is 10.2. The predicted octanol–water partition coefficient (Wildman–Crippen LogP) is 3.05. The van der Waals surface area contributed by atoms with Gasteiger partial charge in [-0.1, -0.05) is 30.3 Å². The van der Waals surface area contributed by atoms with E-state index in [-0.39, 0.29) is 0 Å². The Morgan fingerprint density at radius 2 is 2.17 bits per heavy atom. The Morgan fingerprint density at radius 1 is 1.25 bits per heavy atom. The van der Waals surface area contributed by atoms with Crippen molar-refractivity contribution in [3.63, 3.8) is 0 Å². The summed E-state index contributed by atoms with van der Waals surface area (Å²) in [6, 6.07) is 10.7. The number of ether oxygens (including phenoxy) is 1. The lowest BCUT2D eigenvalue weighted by Gasteiger charge is -2.24. The maximum Gasteiger partial charge on any atom is 0.151 e. The number of rotatable bonds is 5. The number of imidazole rings is 1. The number of hydrogen-bond acceptors (Lipinski definition) is 5. The second-order valence-corrected chi connectivity index (χ2v) is 6.89. The van der Waals surface area contributed by atoms with Crippen molar-refractivity contribution in [1.82, 2.24) is 19.9 Å². The fourth-order valence-corrected chi connectivity index (χ4v) is 3.84. The van der Waals surface area contributed by atoms with Crippen LogP contribution in [0.4, 0.5) is 0 Å². The molecule has 1 N–H and O–H groups in total. The van der Waals surface area contributed by atoms with Crippen LogP contribution in [0, 0.1) is 0 Å². The summed E-state index contributed by atoms with van der Waals surface area (Å²) in [6.07, 6.45) is 6.87. The Bertz CT molecular complexity index is 777. The van der Waals surface area contributed by atoms with Gasteiger partial charge in [0.25, 0.3) is 0 Å². The van der Waals surface area contributed by atoms with Crippen molar-refractivity contribution in [3.8, 4) is 21.3 Å². The molecule has 0 aliphatic carbocycles. The first-order valence-corrected chi connectivity index (χ1v) is 9.06. The molecule has 1 atom stereocenters. The first-order chi connectivity index (χ1) is 11.9. The van der Waals surface area contributed by atoms with Crippen molar-refractivity contribution >= 4 is 11.3 Å². The second-order valence-electron chi connectivity index (χ2n) is 5.85. The molecule has 124 valence electrons. The predicted molar refractivity (Wildman–Crippen MR) is 96.0 cm³/mol. The molecule has 3 aromatic rings. The van der Waals surface area contributed by atoms with Gasteiger partial charge < -0.3 is 14.6 Å². The van der Waals surface area contributed by atoms with E-state index in [1.165, 1.54) is 0 Å². The van der Waals surface area contributed by atoms with Gasteiger partial charge in [-0.3, -0.25) is 0 Å². The van der Waals surface area contributed by atoms with Crippen LogP contribution in [-0.2, 0) is 11.3 Å². The van der Waals surface area contributed by atoms with Gasteiger partial charge in [0.2, 0.25) is 0 Å². The van der Waals surface area contributed by atoms with E-state index in [0.29, 0.717) is 6.04 Å². The molecular formula is C18H20N4OS. The smallest absolute Gasteiger partial charge is 0.151 e. The molecule has 6 heteroatoms. The zero-order chi connectivity index (χ0) is 16.2. The monoisotopic (exact) mass is 340 g/mol. The minimum absolute atomic E-state index is 0.426. The molecule has 1 aromatic carbocycles. The summed E-state index contributed by atoms with van der Waals surface area (Å²) in [5, 5.41) is 4.53. The molecule has 5 nitrogen and oxygen atoms in total. The standard InChI is InChI=1S/C18H20N4OS/c1-2-4-14(5-3-1)18-21-12-16(24-18)17-20-7-10-22(17)9-6-15-13-23-11-8-19-15/h1-5,7,10,12,15,19H,6,8-9,11,13H2. The topological polar surface area (TPSA) is 52.0 Å². The molecule has 0 bridgehead atoms. The fourth-order valence-electron chi connectivity index (χ4n) is 2.91. The number of nitrogens with one attached hydrogen (secondary N) is 1. The van der Waals surface area contributed by atoms with Crippen molar-refractivity contribution < 1.29 is 4.74 Å². The van der Waals surface area contributed by atoms with E-state index in [1.54, 1.807) is 11.3 Å². The maximum atomic E-state index is 5.52. The molecule has 3 heterocycles. The number of morpholine rings is 1. The molecule has 24 heavy (non-hydrogen) atoms. The lowest BCUT2D eigenvalue weighted by atomic mass is 10.2. The lowest BCUT2D eigenvalue weighted by Crippen LogP contribution is -2.41. The van der Waals surface area contributed by atoms with Crippen LogP contribution in [0.1, 0.15) is 6.42 Å². The molecule has 2 aromatic heterocycles. The van der Waals surface area contributed by atoms with Crippen molar-refractivity contribution in [1.29, 1.82) is 0 Å². The molecule has 0 amide bonds. The van der Waals surface area contributed by atoms with Crippen molar-refractivity contribution in [3.05, 3.63) is 48.9 Å². The Hall–Kier alpha value is -2.02. The molecule has 1 aliphatic rings. The molecule has 4 rings (SSSR count). The van der Waals surface area contributed by atoms with Gasteiger partial charge in [0.1, 0.15) is 5.01 Å². The first kappa shape index (κ1) is 15.5. The van der Waals surface area contributed by atoms with Crippen molar-refractivity contribution in [2.45, 2.75) is 19.0 Å². The van der Waals surface area contributed by atoms with Gasteiger partial charge in [0.15, 0.2) is 5.82 Å². The number of thiazole rings is 1. The highest BCUT2D eigenvalue weighted by molar-refractivity contribution is 7.18. The van der Waals surface area contributed by atoms with E-state index in [0.717, 1.165) is 54.0 Å². The molecule has 1 aliphatic heterocycles. The zero-order valence-corrected chi connectivity index (χ0v) is 14.2. The van der Waals surface area contributed by atoms with Crippen LogP contribution in [0.3, 0.4) is 0 Å². The quantitative estimate of drug-likeness (QED) is 0.776. The van der Waals surface area contributed by atoms with Crippen LogP contribution in [0.25, 0.3) is 21.3 Å². The number of aryl methyl sites for hydroxylation is 1. The molecular weight excluding hydrogens is 320 g/mol. The van der Waals surface area contributed by atoms with Gasteiger partial charge in [-0.15, -0.1) is 11.3 Å². The van der Waals surface area contributed by atoms with E-state index in [4.69, 9.17) is 4.74 Å². The molecule has 1 saturated heterocycles. The summed E-state index contributed by atoms with van der Waals surface area (Å²) < 4.78 is 7.73. The van der Waals surface area contributed by atoms with Crippen LogP contribution < -0.4 is 5.32 Å². The van der Waals surface area contributed by atoms with Gasteiger partial charge >= 0.3 is 0 Å². The Kier molecular flexibility index (Phi) is 4.69. The van der Waals surface area contributed by atoms with Crippen molar-refractivity contribution in [2.24, 2.45) is 0 Å². The number of aromatic nitrogens is 3. The molecule has 1 unspecified atom stereocenters. The average Bonchev–Trinajstić information content (AvgIpc) is 3.31. The Labute approximate surface area is 145 Å². The molecule has 0 saturated carbocycles. The lowest BCUT2D eigenvalue weighted by molar-refractivity contribution is 0.0728. The van der Waals surface area contributed by atoms with Crippen LogP contribution in [0.5, 0.6) is 0 Å². The van der Waals surface area contributed by atoms with E-state index < -0.39 is 0 Å². The molecule has 0 radical (unpaired) electrons. The minimum Gasteiger partial charge on any atom is -0.379 e. The largest absolute Gasteiger partial charge is 0.379 e. The number of hydrogen-bond donors (Lipinski definition) is 1. The highest BCUT2D eigenvalue weighted by Gasteiger charge is 2.15. The Balaban J connectivity index is 1.49. The summed E-state index contributed by atoms with van der Waals surface area (Å²) in [5.41, 5.74) is 1.15. The van der Waals surface area contributed by atoms with Gasteiger partial charge in [0, 0.05) is 43.3 Å². The minimum atomic E-state index is 0.426. The normalized spacial score (nSPS) is 17.9. The fraction of sp³-hybridized carbons (Fsp3) is 0.333. The van der Waals surface area contributed by atoms with Crippen LogP contribution >= 0.6 is 11.3 Å². The van der Waals surface area contributed by atoms with Crippen LogP contribution in [0.2, 0.25) is 0 Å². The van der Waals surface area contributed by atoms with E-state index >= 15 is 0 Å². The maximum absolute atomic E-state index is 5.52. The molecule has 1 fully saturated rings. The third-order valence-electron chi connectivity index (χ3n) is 4.18. The van der Waals surface area contributed by atoms with Crippen molar-refractivity contribution in [2.75, 3.05) is 19.8 Å². The first-order valence-electron chi connectivity index (χ1n) is 8.24. The zero-order valence-electron chi connectivity index (χ0n) is 13.4. The number of nitrogens with zero attached hydrogens (tertiary/aromatic N) is 3. The van der Waals surface area contributed by atoms with E-state index in [1.807, 2.05) is 36.8 Å². The highest BCUT2D eigenvalue weighted by Crippen LogP contribution is 2.31. The summed E-state index contributed by atoms with van der Waals surface area (Å²) >= 11 is 1.68.